The van der Waals surface area contributed by atoms with E-state index < -0.39 is 0 Å². The van der Waals surface area contributed by atoms with Gasteiger partial charge in [0.1, 0.15) is 56.5 Å². The van der Waals surface area contributed by atoms with Gasteiger partial charge in [-0.1, -0.05) is 137 Å². The highest BCUT2D eigenvalue weighted by Crippen LogP contribution is 2.43. The highest BCUT2D eigenvalue weighted by molar-refractivity contribution is 6.68. The molecular weight excluding hydrogens is 851 g/mol. The standard InChI is InChI=1S/C58H39B5N6O/c59-49-50(60)52(62)55(53(63)51(49)61)69-44-16-8-5-14-40(44)48-45(69)26-24-39-37-12-4-7-15-43(37)68(54(39)48)42-25-22-34(28-36(42)30-64)57-65-56(33-20-18-32(19-21-33)31-10-2-1-3-11-31)66-58(67-57)35-23-27-47-41(29-35)38-13-6-9-17-46(38)70-47/h1-29H,59-63H2. The largest absolute Gasteiger partial charge is 0.456 e. The third kappa shape index (κ3) is 6.25. The molecule has 0 spiro atoms. The van der Waals surface area contributed by atoms with Gasteiger partial charge in [-0.3, -0.25) is 0 Å². The molecule has 0 radical (unpaired) electrons. The van der Waals surface area contributed by atoms with E-state index in [0.717, 1.165) is 93.5 Å². The highest BCUT2D eigenvalue weighted by atomic mass is 16.3. The van der Waals surface area contributed by atoms with E-state index in [1.807, 2.05) is 60.7 Å². The van der Waals surface area contributed by atoms with Crippen molar-refractivity contribution in [2.24, 2.45) is 0 Å². The summed E-state index contributed by atoms with van der Waals surface area (Å²) >= 11 is 0. The Morgan fingerprint density at radius 1 is 0.400 bits per heavy atom. The number of nitriles is 1. The van der Waals surface area contributed by atoms with E-state index in [4.69, 9.17) is 19.4 Å². The molecule has 9 aromatic carbocycles. The molecule has 0 aliphatic heterocycles. The minimum absolute atomic E-state index is 0.467. The van der Waals surface area contributed by atoms with Crippen LogP contribution in [0.5, 0.6) is 0 Å². The zero-order valence-electron chi connectivity index (χ0n) is 39.3. The number of hydrogen-bond acceptors (Lipinski definition) is 5. The van der Waals surface area contributed by atoms with Gasteiger partial charge >= 0.3 is 0 Å². The Morgan fingerprint density at radius 2 is 0.929 bits per heavy atom. The molecule has 70 heavy (non-hydrogen) atoms. The number of para-hydroxylation sites is 3. The Morgan fingerprint density at radius 3 is 1.64 bits per heavy atom. The topological polar surface area (TPSA) is 85.5 Å². The molecule has 0 N–H and O–H groups in total. The summed E-state index contributed by atoms with van der Waals surface area (Å²) in [5.74, 6) is 1.52. The molecule has 4 aromatic heterocycles. The van der Waals surface area contributed by atoms with Crippen LogP contribution in [0.3, 0.4) is 0 Å². The lowest BCUT2D eigenvalue weighted by Crippen LogP contribution is -2.56. The molecule has 13 aromatic rings. The number of fused-ring (bicyclic) bond motifs is 10. The number of rotatable bonds is 6. The van der Waals surface area contributed by atoms with Gasteiger partial charge in [-0.2, -0.15) is 5.26 Å². The first-order valence-electron chi connectivity index (χ1n) is 23.7. The molecule has 7 nitrogen and oxygen atoms in total. The summed E-state index contributed by atoms with van der Waals surface area (Å²) in [6.45, 7) is 0. The van der Waals surface area contributed by atoms with Gasteiger partial charge in [0.05, 0.1) is 33.3 Å². The Bertz CT molecular complexity index is 4350. The molecule has 0 aliphatic rings. The molecule has 0 fully saturated rings. The van der Waals surface area contributed by atoms with Gasteiger partial charge < -0.3 is 13.6 Å². The van der Waals surface area contributed by atoms with Crippen LogP contribution in [-0.2, 0) is 0 Å². The normalized spacial score (nSPS) is 11.7. The minimum atomic E-state index is 0.467. The number of furan rings is 1. The fraction of sp³-hybridized carbons (Fsp3) is 0. The Balaban J connectivity index is 1.02. The number of benzene rings is 9. The van der Waals surface area contributed by atoms with Gasteiger partial charge in [0, 0.05) is 54.7 Å². The average molecular weight is 890 g/mol. The first kappa shape index (κ1) is 41.4. The van der Waals surface area contributed by atoms with Crippen LogP contribution in [-0.4, -0.2) is 63.3 Å². The van der Waals surface area contributed by atoms with Crippen molar-refractivity contribution < 1.29 is 4.42 Å². The second kappa shape index (κ2) is 15.9. The lowest BCUT2D eigenvalue weighted by molar-refractivity contribution is 0.669. The summed E-state index contributed by atoms with van der Waals surface area (Å²) in [4.78, 5) is 15.4. The van der Waals surface area contributed by atoms with Crippen molar-refractivity contribution in [2.75, 3.05) is 0 Å². The van der Waals surface area contributed by atoms with Gasteiger partial charge in [-0.05, 0) is 71.8 Å². The fourth-order valence-corrected chi connectivity index (χ4v) is 10.8. The van der Waals surface area contributed by atoms with Gasteiger partial charge in [0.25, 0.3) is 0 Å². The maximum atomic E-state index is 11.2. The second-order valence-electron chi connectivity index (χ2n) is 18.4. The van der Waals surface area contributed by atoms with Crippen LogP contribution in [0.4, 0.5) is 0 Å². The molecule has 0 saturated carbocycles. The Labute approximate surface area is 408 Å². The lowest BCUT2D eigenvalue weighted by atomic mass is 9.61. The third-order valence-corrected chi connectivity index (χ3v) is 14.8. The first-order valence-corrected chi connectivity index (χ1v) is 23.7. The van der Waals surface area contributed by atoms with Gasteiger partial charge in [-0.15, -0.1) is 5.46 Å². The average Bonchev–Trinajstić information content (AvgIpc) is 4.07. The van der Waals surface area contributed by atoms with Gasteiger partial charge in [0.15, 0.2) is 17.5 Å². The molecule has 0 aliphatic carbocycles. The monoisotopic (exact) mass is 890 g/mol. The van der Waals surface area contributed by atoms with E-state index >= 15 is 0 Å². The molecule has 0 unspecified atom stereocenters. The van der Waals surface area contributed by atoms with E-state index in [9.17, 15) is 5.26 Å². The summed E-state index contributed by atoms with van der Waals surface area (Å²) in [6.07, 6.45) is 0. The van der Waals surface area contributed by atoms with E-state index in [-0.39, 0.29) is 0 Å². The summed E-state index contributed by atoms with van der Waals surface area (Å²) in [6, 6.07) is 63.2. The fourth-order valence-electron chi connectivity index (χ4n) is 10.8. The molecule has 12 heteroatoms. The SMILES string of the molecule is Bc1c(B)c(B)c(-n2c3ccccc3c3c2ccc2c4ccccc4n(-c4ccc(-c5nc(-c6ccc(-c7ccccc7)cc6)nc(-c6ccc7oc8ccccc8c7c6)n5)cc4C#N)c23)c(B)c1B. The maximum Gasteiger partial charge on any atom is 0.164 e. The van der Waals surface area contributed by atoms with Crippen molar-refractivity contribution in [1.82, 2.24) is 24.1 Å². The van der Waals surface area contributed by atoms with Gasteiger partial charge in [-0.25, -0.2) is 15.0 Å². The number of hydrogen-bond donors (Lipinski definition) is 0. The molecule has 13 rings (SSSR count). The molecule has 322 valence electrons. The Kier molecular flexibility index (Phi) is 9.40. The van der Waals surface area contributed by atoms with Crippen molar-refractivity contribution in [3.05, 3.63) is 181 Å². The van der Waals surface area contributed by atoms with Crippen LogP contribution in [0.15, 0.2) is 180 Å². The Hall–Kier alpha value is -8.80. The predicted octanol–water partition coefficient (Wildman–Crippen LogP) is 5.80. The van der Waals surface area contributed by atoms with Crippen LogP contribution in [0.2, 0.25) is 0 Å². The van der Waals surface area contributed by atoms with E-state index in [2.05, 4.69) is 170 Å². The molecular formula is C58H39B5N6O. The lowest BCUT2D eigenvalue weighted by Gasteiger charge is -2.22. The molecule has 0 bridgehead atoms. The summed E-state index contributed by atoms with van der Waals surface area (Å²) in [5.41, 5.74) is 19.6. The summed E-state index contributed by atoms with van der Waals surface area (Å²) < 4.78 is 11.0. The van der Waals surface area contributed by atoms with Crippen LogP contribution in [0.25, 0.3) is 122 Å². The number of nitrogens with zero attached hydrogens (tertiary/aromatic N) is 6. The van der Waals surface area contributed by atoms with E-state index in [0.29, 0.717) is 28.6 Å². The predicted molar refractivity (Wildman–Crippen MR) is 303 cm³/mol. The maximum absolute atomic E-state index is 11.2. The molecule has 0 atom stereocenters. The molecule has 4 heterocycles. The van der Waals surface area contributed by atoms with Crippen molar-refractivity contribution >= 4 is 132 Å². The minimum Gasteiger partial charge on any atom is -0.456 e. The van der Waals surface area contributed by atoms with Gasteiger partial charge in [0.2, 0.25) is 0 Å². The van der Waals surface area contributed by atoms with Crippen LogP contribution in [0, 0.1) is 11.3 Å². The van der Waals surface area contributed by atoms with Crippen LogP contribution in [0.1, 0.15) is 5.56 Å². The second-order valence-corrected chi connectivity index (χ2v) is 18.4. The highest BCUT2D eigenvalue weighted by Gasteiger charge is 2.25. The smallest absolute Gasteiger partial charge is 0.164 e. The zero-order chi connectivity index (χ0) is 47.4. The van der Waals surface area contributed by atoms with Crippen molar-refractivity contribution in [1.29, 1.82) is 5.26 Å². The third-order valence-electron chi connectivity index (χ3n) is 14.8. The van der Waals surface area contributed by atoms with Crippen molar-refractivity contribution in [3.8, 4) is 62.7 Å². The molecule has 0 saturated heterocycles. The first-order chi connectivity index (χ1) is 34.2. The van der Waals surface area contributed by atoms with Crippen molar-refractivity contribution in [3.63, 3.8) is 0 Å². The van der Waals surface area contributed by atoms with E-state index in [1.165, 1.54) is 33.0 Å². The van der Waals surface area contributed by atoms with Crippen LogP contribution >= 0.6 is 0 Å². The number of aromatic nitrogens is 5. The molecule has 0 amide bonds. The summed E-state index contributed by atoms with van der Waals surface area (Å²) in [5, 5.41) is 17.8. The van der Waals surface area contributed by atoms with Crippen LogP contribution < -0.4 is 27.3 Å². The van der Waals surface area contributed by atoms with Crippen molar-refractivity contribution in [2.45, 2.75) is 0 Å². The quantitative estimate of drug-likeness (QED) is 0.198. The summed E-state index contributed by atoms with van der Waals surface area (Å²) in [7, 11) is 11.2. The zero-order valence-corrected chi connectivity index (χ0v) is 39.3. The van der Waals surface area contributed by atoms with E-state index in [1.54, 1.807) is 0 Å².